The van der Waals surface area contributed by atoms with Crippen LogP contribution in [-0.2, 0) is 0 Å². The molecule has 0 atom stereocenters. The number of hydrogen-bond donors (Lipinski definition) is 1. The standard InChI is InChI=1S/C14H18N4OS/c1-8(2)19-13-16-12(15)17-14(18-13)20-11-6-5-9(3)7-10(11)4/h5-8H,1-4H3,(H2,15,16,17,18). The summed E-state index contributed by atoms with van der Waals surface area (Å²) in [6.07, 6.45) is -0.00393. The summed E-state index contributed by atoms with van der Waals surface area (Å²) in [5.41, 5.74) is 8.10. The molecule has 0 aliphatic rings. The van der Waals surface area contributed by atoms with E-state index in [1.807, 2.05) is 13.8 Å². The Morgan fingerprint density at radius 3 is 2.55 bits per heavy atom. The zero-order valence-corrected chi connectivity index (χ0v) is 12.9. The zero-order valence-electron chi connectivity index (χ0n) is 12.0. The first-order valence-corrected chi connectivity index (χ1v) is 7.19. The monoisotopic (exact) mass is 290 g/mol. The first-order valence-electron chi connectivity index (χ1n) is 6.37. The Balaban J connectivity index is 2.26. The maximum absolute atomic E-state index is 5.70. The van der Waals surface area contributed by atoms with Crippen molar-refractivity contribution < 1.29 is 4.74 Å². The number of nitrogens with zero attached hydrogens (tertiary/aromatic N) is 3. The normalized spacial score (nSPS) is 10.8. The predicted octanol–water partition coefficient (Wildman–Crippen LogP) is 3.01. The summed E-state index contributed by atoms with van der Waals surface area (Å²) in [6, 6.07) is 6.50. The number of ether oxygens (including phenoxy) is 1. The van der Waals surface area contributed by atoms with Crippen LogP contribution in [0.1, 0.15) is 25.0 Å². The molecule has 0 fully saturated rings. The van der Waals surface area contributed by atoms with Crippen molar-refractivity contribution in [2.45, 2.75) is 43.9 Å². The van der Waals surface area contributed by atoms with Crippen LogP contribution < -0.4 is 10.5 Å². The highest BCUT2D eigenvalue weighted by Crippen LogP contribution is 2.29. The molecule has 0 aliphatic carbocycles. The van der Waals surface area contributed by atoms with E-state index < -0.39 is 0 Å². The van der Waals surface area contributed by atoms with Crippen molar-refractivity contribution in [2.24, 2.45) is 0 Å². The van der Waals surface area contributed by atoms with Crippen LogP contribution in [0, 0.1) is 13.8 Å². The molecule has 0 unspecified atom stereocenters. The summed E-state index contributed by atoms with van der Waals surface area (Å²) in [5.74, 6) is 0.169. The molecule has 2 aromatic rings. The van der Waals surface area contributed by atoms with Gasteiger partial charge in [0.15, 0.2) is 0 Å². The Morgan fingerprint density at radius 2 is 1.90 bits per heavy atom. The smallest absolute Gasteiger partial charge is 0.322 e. The fourth-order valence-electron chi connectivity index (χ4n) is 1.67. The molecule has 2 rings (SSSR count). The second-order valence-electron chi connectivity index (χ2n) is 4.80. The number of rotatable bonds is 4. The van der Waals surface area contributed by atoms with Crippen molar-refractivity contribution in [1.29, 1.82) is 0 Å². The second kappa shape index (κ2) is 6.09. The highest BCUT2D eigenvalue weighted by Gasteiger charge is 2.10. The molecule has 0 radical (unpaired) electrons. The van der Waals surface area contributed by atoms with Gasteiger partial charge >= 0.3 is 6.01 Å². The van der Waals surface area contributed by atoms with E-state index >= 15 is 0 Å². The Hall–Kier alpha value is -1.82. The van der Waals surface area contributed by atoms with Gasteiger partial charge in [-0.2, -0.15) is 15.0 Å². The molecule has 0 aliphatic heterocycles. The molecule has 0 amide bonds. The highest BCUT2D eigenvalue weighted by molar-refractivity contribution is 7.99. The van der Waals surface area contributed by atoms with Gasteiger partial charge < -0.3 is 10.5 Å². The molecule has 0 bridgehead atoms. The van der Waals surface area contributed by atoms with Gasteiger partial charge in [0, 0.05) is 4.90 Å². The van der Waals surface area contributed by atoms with Crippen LogP contribution in [0.3, 0.4) is 0 Å². The first kappa shape index (κ1) is 14.6. The third kappa shape index (κ3) is 3.84. The lowest BCUT2D eigenvalue weighted by Crippen LogP contribution is -2.10. The van der Waals surface area contributed by atoms with Gasteiger partial charge in [0.1, 0.15) is 0 Å². The molecule has 1 aromatic heterocycles. The predicted molar refractivity (Wildman–Crippen MR) is 80.0 cm³/mol. The molecule has 0 saturated carbocycles. The number of aromatic nitrogens is 3. The Labute approximate surface area is 123 Å². The van der Waals surface area contributed by atoms with Gasteiger partial charge in [-0.3, -0.25) is 0 Å². The summed E-state index contributed by atoms with van der Waals surface area (Å²) >= 11 is 1.46. The summed E-state index contributed by atoms with van der Waals surface area (Å²) in [5, 5.41) is 0.542. The summed E-state index contributed by atoms with van der Waals surface area (Å²) in [6.45, 7) is 7.95. The van der Waals surface area contributed by atoms with Crippen molar-refractivity contribution in [3.63, 3.8) is 0 Å². The molecule has 5 nitrogen and oxygen atoms in total. The van der Waals surface area contributed by atoms with Crippen LogP contribution in [0.5, 0.6) is 6.01 Å². The van der Waals surface area contributed by atoms with E-state index in [0.717, 1.165) is 4.90 Å². The number of aryl methyl sites for hydroxylation is 2. The SMILES string of the molecule is Cc1ccc(Sc2nc(N)nc(OC(C)C)n2)c(C)c1. The van der Waals surface area contributed by atoms with Gasteiger partial charge in [-0.1, -0.05) is 17.7 Å². The average molecular weight is 290 g/mol. The van der Waals surface area contributed by atoms with Crippen molar-refractivity contribution in [3.05, 3.63) is 29.3 Å². The van der Waals surface area contributed by atoms with E-state index in [2.05, 4.69) is 47.0 Å². The van der Waals surface area contributed by atoms with Crippen LogP contribution in [0.15, 0.2) is 28.3 Å². The van der Waals surface area contributed by atoms with Crippen LogP contribution >= 0.6 is 11.8 Å². The first-order chi connectivity index (χ1) is 9.44. The van der Waals surface area contributed by atoms with E-state index in [-0.39, 0.29) is 18.1 Å². The van der Waals surface area contributed by atoms with Gasteiger partial charge in [-0.05, 0) is 51.1 Å². The summed E-state index contributed by atoms with van der Waals surface area (Å²) < 4.78 is 5.47. The van der Waals surface area contributed by atoms with Crippen LogP contribution in [0.2, 0.25) is 0 Å². The van der Waals surface area contributed by atoms with Gasteiger partial charge in [0.2, 0.25) is 11.1 Å². The number of nitrogens with two attached hydrogens (primary N) is 1. The third-order valence-corrected chi connectivity index (χ3v) is 3.53. The number of anilines is 1. The van der Waals surface area contributed by atoms with Crippen molar-refractivity contribution in [2.75, 3.05) is 5.73 Å². The van der Waals surface area contributed by atoms with E-state index in [9.17, 15) is 0 Å². The number of benzene rings is 1. The molecule has 1 heterocycles. The van der Waals surface area contributed by atoms with Crippen molar-refractivity contribution >= 4 is 17.7 Å². The molecular formula is C14H18N4OS. The summed E-state index contributed by atoms with van der Waals surface area (Å²) in [4.78, 5) is 13.5. The molecule has 20 heavy (non-hydrogen) atoms. The number of hydrogen-bond acceptors (Lipinski definition) is 6. The van der Waals surface area contributed by atoms with Gasteiger partial charge in [-0.25, -0.2) is 0 Å². The van der Waals surface area contributed by atoms with E-state index in [1.54, 1.807) is 0 Å². The van der Waals surface area contributed by atoms with Gasteiger partial charge in [-0.15, -0.1) is 0 Å². The highest BCUT2D eigenvalue weighted by atomic mass is 32.2. The molecule has 0 spiro atoms. The molecule has 2 N–H and O–H groups in total. The fourth-order valence-corrected chi connectivity index (χ4v) is 2.49. The molecule has 106 valence electrons. The Bertz CT molecular complexity index is 616. The lowest BCUT2D eigenvalue weighted by molar-refractivity contribution is 0.219. The number of nitrogen functional groups attached to an aromatic ring is 1. The molecule has 6 heteroatoms. The van der Waals surface area contributed by atoms with Gasteiger partial charge in [0.25, 0.3) is 0 Å². The second-order valence-corrected chi connectivity index (χ2v) is 5.81. The minimum atomic E-state index is -0.00393. The maximum atomic E-state index is 5.70. The third-order valence-electron chi connectivity index (χ3n) is 2.48. The summed E-state index contributed by atoms with van der Waals surface area (Å²) in [7, 11) is 0. The molecule has 0 saturated heterocycles. The van der Waals surface area contributed by atoms with Crippen molar-refractivity contribution in [3.8, 4) is 6.01 Å². The molecular weight excluding hydrogens is 272 g/mol. The fraction of sp³-hybridized carbons (Fsp3) is 0.357. The minimum absolute atomic E-state index is 0.00393. The van der Waals surface area contributed by atoms with Crippen LogP contribution in [0.25, 0.3) is 0 Å². The van der Waals surface area contributed by atoms with Crippen LogP contribution in [0.4, 0.5) is 5.95 Å². The lowest BCUT2D eigenvalue weighted by atomic mass is 10.2. The zero-order chi connectivity index (χ0) is 14.7. The van der Waals surface area contributed by atoms with Crippen LogP contribution in [-0.4, -0.2) is 21.1 Å². The van der Waals surface area contributed by atoms with Gasteiger partial charge in [0.05, 0.1) is 6.10 Å². The average Bonchev–Trinajstić information content (AvgIpc) is 2.31. The van der Waals surface area contributed by atoms with E-state index in [0.29, 0.717) is 5.16 Å². The Morgan fingerprint density at radius 1 is 1.15 bits per heavy atom. The van der Waals surface area contributed by atoms with Crippen molar-refractivity contribution in [1.82, 2.24) is 15.0 Å². The topological polar surface area (TPSA) is 73.9 Å². The Kier molecular flexibility index (Phi) is 4.44. The maximum Gasteiger partial charge on any atom is 0.322 e. The minimum Gasteiger partial charge on any atom is -0.461 e. The largest absolute Gasteiger partial charge is 0.461 e. The quantitative estimate of drug-likeness (QED) is 0.933. The molecule has 1 aromatic carbocycles. The van der Waals surface area contributed by atoms with E-state index in [4.69, 9.17) is 10.5 Å². The lowest BCUT2D eigenvalue weighted by Gasteiger charge is -2.09. The van der Waals surface area contributed by atoms with E-state index in [1.165, 1.54) is 22.9 Å².